The minimum atomic E-state index is 0.347. The largest absolute Gasteiger partial charge is 0.316 e. The minimum absolute atomic E-state index is 0.347. The van der Waals surface area contributed by atoms with Crippen LogP contribution in [0, 0.1) is 0 Å². The fourth-order valence-corrected chi connectivity index (χ4v) is 0.936. The van der Waals surface area contributed by atoms with Crippen LogP contribution in [0.1, 0.15) is 32.1 Å². The fourth-order valence-electron chi connectivity index (χ4n) is 0.936. The predicted molar refractivity (Wildman–Crippen MR) is 43.7 cm³/mol. The second-order valence-corrected chi connectivity index (χ2v) is 3.25. The first-order chi connectivity index (χ1) is 4.80. The molecule has 1 aliphatic carbocycles. The first-order valence-corrected chi connectivity index (χ1v) is 4.26. The average Bonchev–Trinajstić information content (AvgIpc) is 2.70. The van der Waals surface area contributed by atoms with E-state index in [2.05, 4.69) is 11.9 Å². The molecule has 0 aromatic carbocycles. The Bertz CT molecular complexity index is 80.5. The maximum atomic E-state index is 5.60. The summed E-state index contributed by atoms with van der Waals surface area (Å²) in [7, 11) is 2.07. The molecule has 1 atom stereocenters. The predicted octanol–water partition coefficient (Wildman–Crippen LogP) is 1.17. The van der Waals surface area contributed by atoms with E-state index in [1.165, 1.54) is 38.6 Å². The zero-order valence-corrected chi connectivity index (χ0v) is 6.84. The van der Waals surface area contributed by atoms with Crippen LogP contribution in [0.4, 0.5) is 0 Å². The van der Waals surface area contributed by atoms with Crippen LogP contribution < -0.4 is 5.73 Å². The van der Waals surface area contributed by atoms with Gasteiger partial charge in [0, 0.05) is 0 Å². The summed E-state index contributed by atoms with van der Waals surface area (Å²) in [4.78, 5) is 2.18. The van der Waals surface area contributed by atoms with Crippen molar-refractivity contribution in [3.63, 3.8) is 0 Å². The fraction of sp³-hybridized carbons (Fsp3) is 1.00. The maximum absolute atomic E-state index is 5.60. The first-order valence-electron chi connectivity index (χ1n) is 4.26. The van der Waals surface area contributed by atoms with E-state index in [1.807, 2.05) is 0 Å². The van der Waals surface area contributed by atoms with Gasteiger partial charge in [-0.15, -0.1) is 0 Å². The Labute approximate surface area is 63.4 Å². The lowest BCUT2D eigenvalue weighted by Gasteiger charge is -2.12. The summed E-state index contributed by atoms with van der Waals surface area (Å²) in [5, 5.41) is 0. The molecule has 2 nitrogen and oxygen atoms in total. The number of hydrogen-bond acceptors (Lipinski definition) is 2. The molecule has 2 rings (SSSR count). The third-order valence-electron chi connectivity index (χ3n) is 1.93. The third kappa shape index (κ3) is 3.18. The summed E-state index contributed by atoms with van der Waals surface area (Å²) >= 11 is 0. The van der Waals surface area contributed by atoms with Crippen LogP contribution in [0.15, 0.2) is 0 Å². The summed E-state index contributed by atoms with van der Waals surface area (Å²) in [5.41, 5.74) is 5.60. The topological polar surface area (TPSA) is 29.3 Å². The molecule has 2 N–H and O–H groups in total. The molecule has 1 saturated carbocycles. The SMILES string of the molecule is C1CC1.CN1CCCC1N. The zero-order valence-electron chi connectivity index (χ0n) is 6.84. The first kappa shape index (κ1) is 8.02. The summed E-state index contributed by atoms with van der Waals surface area (Å²) in [6.45, 7) is 1.18. The lowest BCUT2D eigenvalue weighted by atomic mass is 10.3. The highest BCUT2D eigenvalue weighted by Gasteiger charge is 2.14. The van der Waals surface area contributed by atoms with Crippen LogP contribution in [0.5, 0.6) is 0 Å². The van der Waals surface area contributed by atoms with Crippen molar-refractivity contribution in [2.24, 2.45) is 5.73 Å². The summed E-state index contributed by atoms with van der Waals surface area (Å²) in [6.07, 6.45) is 7.30. The van der Waals surface area contributed by atoms with Crippen LogP contribution in [0.25, 0.3) is 0 Å². The number of rotatable bonds is 0. The monoisotopic (exact) mass is 142 g/mol. The van der Waals surface area contributed by atoms with Crippen molar-refractivity contribution in [3.05, 3.63) is 0 Å². The lowest BCUT2D eigenvalue weighted by molar-refractivity contribution is 0.318. The quantitative estimate of drug-likeness (QED) is 0.550. The third-order valence-corrected chi connectivity index (χ3v) is 1.93. The van der Waals surface area contributed by atoms with Gasteiger partial charge in [-0.3, -0.25) is 4.90 Å². The molecule has 1 aliphatic heterocycles. The second-order valence-electron chi connectivity index (χ2n) is 3.25. The molecule has 1 heterocycles. The molecule has 1 unspecified atom stereocenters. The number of hydrogen-bond donors (Lipinski definition) is 1. The van der Waals surface area contributed by atoms with Crippen LogP contribution in [-0.2, 0) is 0 Å². The molecule has 10 heavy (non-hydrogen) atoms. The van der Waals surface area contributed by atoms with E-state index >= 15 is 0 Å². The van der Waals surface area contributed by atoms with Gasteiger partial charge in [-0.05, 0) is 26.4 Å². The van der Waals surface area contributed by atoms with E-state index in [4.69, 9.17) is 5.73 Å². The highest BCUT2D eigenvalue weighted by Crippen LogP contribution is 2.14. The van der Waals surface area contributed by atoms with Crippen molar-refractivity contribution >= 4 is 0 Å². The molecule has 2 aliphatic rings. The van der Waals surface area contributed by atoms with Gasteiger partial charge in [0.15, 0.2) is 0 Å². The molecule has 1 saturated heterocycles. The van der Waals surface area contributed by atoms with E-state index in [9.17, 15) is 0 Å². The Balaban J connectivity index is 0.000000138. The van der Waals surface area contributed by atoms with Crippen molar-refractivity contribution in [1.29, 1.82) is 0 Å². The molecule has 0 aromatic heterocycles. The van der Waals surface area contributed by atoms with Crippen LogP contribution in [0.3, 0.4) is 0 Å². The van der Waals surface area contributed by atoms with Gasteiger partial charge in [0.25, 0.3) is 0 Å². The number of likely N-dealkylation sites (tertiary alicyclic amines) is 1. The molecular formula is C8H18N2. The van der Waals surface area contributed by atoms with Crippen molar-refractivity contribution < 1.29 is 0 Å². The summed E-state index contributed by atoms with van der Waals surface area (Å²) in [5.74, 6) is 0. The highest BCUT2D eigenvalue weighted by atomic mass is 15.2. The smallest absolute Gasteiger partial charge is 0.0569 e. The molecule has 0 aromatic rings. The minimum Gasteiger partial charge on any atom is -0.316 e. The van der Waals surface area contributed by atoms with Gasteiger partial charge >= 0.3 is 0 Å². The van der Waals surface area contributed by atoms with Gasteiger partial charge < -0.3 is 5.73 Å². The van der Waals surface area contributed by atoms with Gasteiger partial charge in [-0.25, -0.2) is 0 Å². The Morgan fingerprint density at radius 2 is 1.80 bits per heavy atom. The van der Waals surface area contributed by atoms with Gasteiger partial charge in [0.1, 0.15) is 0 Å². The number of nitrogens with two attached hydrogens (primary N) is 1. The highest BCUT2D eigenvalue weighted by molar-refractivity contribution is 4.69. The molecule has 2 fully saturated rings. The van der Waals surface area contributed by atoms with Crippen LogP contribution in [-0.4, -0.2) is 24.7 Å². The van der Waals surface area contributed by atoms with Gasteiger partial charge in [-0.1, -0.05) is 19.3 Å². The summed E-state index contributed by atoms with van der Waals surface area (Å²) < 4.78 is 0. The lowest BCUT2D eigenvalue weighted by Crippen LogP contribution is -2.32. The Kier molecular flexibility index (Phi) is 3.16. The molecule has 0 bridgehead atoms. The maximum Gasteiger partial charge on any atom is 0.0569 e. The Morgan fingerprint density at radius 1 is 1.20 bits per heavy atom. The van der Waals surface area contributed by atoms with E-state index in [1.54, 1.807) is 0 Å². The van der Waals surface area contributed by atoms with Gasteiger partial charge in [-0.2, -0.15) is 0 Å². The van der Waals surface area contributed by atoms with Crippen LogP contribution in [0.2, 0.25) is 0 Å². The average molecular weight is 142 g/mol. The molecule has 60 valence electrons. The van der Waals surface area contributed by atoms with E-state index < -0.39 is 0 Å². The van der Waals surface area contributed by atoms with Crippen molar-refractivity contribution in [3.8, 4) is 0 Å². The zero-order chi connectivity index (χ0) is 7.40. The van der Waals surface area contributed by atoms with Crippen molar-refractivity contribution in [2.75, 3.05) is 13.6 Å². The molecule has 0 radical (unpaired) electrons. The Hall–Kier alpha value is -0.0800. The van der Waals surface area contributed by atoms with Gasteiger partial charge in [0.05, 0.1) is 6.17 Å². The standard InChI is InChI=1S/C5H12N2.C3H6/c1-7-4-2-3-5(7)6;1-2-3-1/h5H,2-4,6H2,1H3;1-3H2. The van der Waals surface area contributed by atoms with E-state index in [0.29, 0.717) is 6.17 Å². The molecule has 0 spiro atoms. The van der Waals surface area contributed by atoms with E-state index in [0.717, 1.165) is 0 Å². The summed E-state index contributed by atoms with van der Waals surface area (Å²) in [6, 6.07) is 0. The normalized spacial score (nSPS) is 31.2. The van der Waals surface area contributed by atoms with Crippen molar-refractivity contribution in [2.45, 2.75) is 38.3 Å². The number of nitrogens with zero attached hydrogens (tertiary/aromatic N) is 1. The molecule has 0 amide bonds. The molecular weight excluding hydrogens is 124 g/mol. The Morgan fingerprint density at radius 3 is 1.90 bits per heavy atom. The van der Waals surface area contributed by atoms with Gasteiger partial charge in [0.2, 0.25) is 0 Å². The van der Waals surface area contributed by atoms with Crippen LogP contribution >= 0.6 is 0 Å². The van der Waals surface area contributed by atoms with E-state index in [-0.39, 0.29) is 0 Å². The second kappa shape index (κ2) is 3.94. The molecule has 2 heteroatoms. The van der Waals surface area contributed by atoms with Crippen molar-refractivity contribution in [1.82, 2.24) is 4.90 Å².